The summed E-state index contributed by atoms with van der Waals surface area (Å²) in [6.07, 6.45) is 0.757. The normalized spacial score (nSPS) is 11.3. The van der Waals surface area contributed by atoms with E-state index in [1.54, 1.807) is 11.3 Å². The minimum atomic E-state index is 0.565. The highest BCUT2D eigenvalue weighted by molar-refractivity contribution is 9.10. The van der Waals surface area contributed by atoms with Crippen molar-refractivity contribution >= 4 is 61.5 Å². The van der Waals surface area contributed by atoms with Gasteiger partial charge in [-0.05, 0) is 30.3 Å². The van der Waals surface area contributed by atoms with E-state index in [2.05, 4.69) is 37.6 Å². The molecule has 0 aliphatic heterocycles. The second-order valence-electron chi connectivity index (χ2n) is 4.39. The van der Waals surface area contributed by atoms with E-state index in [9.17, 15) is 0 Å². The topological polar surface area (TPSA) is 17.8 Å². The summed E-state index contributed by atoms with van der Waals surface area (Å²) in [5.74, 6) is 1.58. The number of benzene rings is 1. The van der Waals surface area contributed by atoms with Gasteiger partial charge < -0.3 is 4.57 Å². The van der Waals surface area contributed by atoms with Crippen molar-refractivity contribution in [2.24, 2.45) is 0 Å². The van der Waals surface area contributed by atoms with Crippen LogP contribution < -0.4 is 0 Å². The Hall–Kier alpha value is -0.550. The lowest BCUT2D eigenvalue weighted by Gasteiger charge is -2.07. The Morgan fingerprint density at radius 3 is 2.80 bits per heavy atom. The molecule has 0 N–H and O–H groups in total. The van der Waals surface area contributed by atoms with Crippen molar-refractivity contribution in [2.45, 2.75) is 13.0 Å². The third-order valence-electron chi connectivity index (χ3n) is 3.05. The lowest BCUT2D eigenvalue weighted by Crippen LogP contribution is -2.04. The number of halogens is 3. The standard InChI is InChI=1S/C14H11BrCl2N2S/c15-9-1-3-11-12(7-9)19(14(18-11)5-6-16)8-10-2-4-13(17)20-10/h1-4,7H,5-6,8H2. The van der Waals surface area contributed by atoms with Crippen molar-refractivity contribution < 1.29 is 0 Å². The molecule has 3 aromatic rings. The summed E-state index contributed by atoms with van der Waals surface area (Å²) in [4.78, 5) is 5.89. The van der Waals surface area contributed by atoms with Crippen LogP contribution in [0, 0.1) is 0 Å². The molecule has 0 aliphatic rings. The molecule has 0 fully saturated rings. The van der Waals surface area contributed by atoms with E-state index in [0.29, 0.717) is 5.88 Å². The molecule has 0 atom stereocenters. The molecule has 20 heavy (non-hydrogen) atoms. The summed E-state index contributed by atoms with van der Waals surface area (Å²) in [6, 6.07) is 10.1. The van der Waals surface area contributed by atoms with Gasteiger partial charge in [0.2, 0.25) is 0 Å². The number of hydrogen-bond donors (Lipinski definition) is 0. The van der Waals surface area contributed by atoms with Crippen LogP contribution in [0.25, 0.3) is 11.0 Å². The lowest BCUT2D eigenvalue weighted by atomic mass is 10.3. The first-order chi connectivity index (χ1) is 9.67. The molecule has 0 aliphatic carbocycles. The predicted molar refractivity (Wildman–Crippen MR) is 90.3 cm³/mol. The maximum Gasteiger partial charge on any atom is 0.111 e. The predicted octanol–water partition coefficient (Wildman–Crippen LogP) is 5.34. The maximum absolute atomic E-state index is 6.01. The first kappa shape index (κ1) is 14.4. The number of thiophene rings is 1. The highest BCUT2D eigenvalue weighted by Gasteiger charge is 2.12. The summed E-state index contributed by atoms with van der Waals surface area (Å²) < 4.78 is 4.07. The highest BCUT2D eigenvalue weighted by Crippen LogP contribution is 2.26. The smallest absolute Gasteiger partial charge is 0.111 e. The third-order valence-corrected chi connectivity index (χ3v) is 4.95. The summed E-state index contributed by atoms with van der Waals surface area (Å²) in [7, 11) is 0. The van der Waals surface area contributed by atoms with Crippen LogP contribution >= 0.6 is 50.5 Å². The van der Waals surface area contributed by atoms with Crippen molar-refractivity contribution in [3.63, 3.8) is 0 Å². The molecule has 0 radical (unpaired) electrons. The minimum Gasteiger partial charge on any atom is -0.323 e. The molecule has 0 bridgehead atoms. The van der Waals surface area contributed by atoms with Gasteiger partial charge >= 0.3 is 0 Å². The van der Waals surface area contributed by atoms with Gasteiger partial charge in [-0.25, -0.2) is 4.98 Å². The van der Waals surface area contributed by atoms with E-state index in [4.69, 9.17) is 23.2 Å². The van der Waals surface area contributed by atoms with Gasteiger partial charge in [0.1, 0.15) is 5.82 Å². The molecule has 104 valence electrons. The fourth-order valence-corrected chi connectivity index (χ4v) is 3.78. The Balaban J connectivity index is 2.09. The van der Waals surface area contributed by atoms with Crippen molar-refractivity contribution in [1.29, 1.82) is 0 Å². The number of nitrogens with zero attached hydrogens (tertiary/aromatic N) is 2. The number of rotatable bonds is 4. The zero-order valence-corrected chi connectivity index (χ0v) is 14.4. The monoisotopic (exact) mass is 388 g/mol. The molecule has 0 amide bonds. The van der Waals surface area contributed by atoms with Gasteiger partial charge in [0.25, 0.3) is 0 Å². The quantitative estimate of drug-likeness (QED) is 0.550. The van der Waals surface area contributed by atoms with Crippen molar-refractivity contribution in [1.82, 2.24) is 9.55 Å². The first-order valence-electron chi connectivity index (χ1n) is 6.12. The van der Waals surface area contributed by atoms with Gasteiger partial charge in [-0.2, -0.15) is 0 Å². The molecule has 6 heteroatoms. The summed E-state index contributed by atoms with van der Waals surface area (Å²) in [5.41, 5.74) is 2.11. The van der Waals surface area contributed by atoms with Crippen molar-refractivity contribution in [3.8, 4) is 0 Å². The SMILES string of the molecule is ClCCc1nc2ccc(Br)cc2n1Cc1ccc(Cl)s1. The lowest BCUT2D eigenvalue weighted by molar-refractivity contribution is 0.763. The Morgan fingerprint density at radius 2 is 2.10 bits per heavy atom. The van der Waals surface area contributed by atoms with E-state index in [0.717, 1.165) is 38.6 Å². The Morgan fingerprint density at radius 1 is 1.25 bits per heavy atom. The van der Waals surface area contributed by atoms with Gasteiger partial charge in [-0.1, -0.05) is 27.5 Å². The molecular formula is C14H11BrCl2N2S. The second kappa shape index (κ2) is 6.06. The molecular weight excluding hydrogens is 379 g/mol. The van der Waals surface area contributed by atoms with E-state index in [1.807, 2.05) is 18.2 Å². The van der Waals surface area contributed by atoms with E-state index in [-0.39, 0.29) is 0 Å². The zero-order valence-electron chi connectivity index (χ0n) is 10.4. The van der Waals surface area contributed by atoms with Crippen LogP contribution in [0.3, 0.4) is 0 Å². The number of aryl methyl sites for hydroxylation is 1. The van der Waals surface area contributed by atoms with Gasteiger partial charge in [0.15, 0.2) is 0 Å². The molecule has 2 nitrogen and oxygen atoms in total. The van der Waals surface area contributed by atoms with Gasteiger partial charge in [0, 0.05) is 21.7 Å². The maximum atomic E-state index is 6.01. The van der Waals surface area contributed by atoms with Crippen LogP contribution in [0.2, 0.25) is 4.34 Å². The largest absolute Gasteiger partial charge is 0.323 e. The van der Waals surface area contributed by atoms with Crippen LogP contribution in [0.1, 0.15) is 10.7 Å². The summed E-state index contributed by atoms with van der Waals surface area (Å²) in [6.45, 7) is 0.774. The van der Waals surface area contributed by atoms with E-state index >= 15 is 0 Å². The molecule has 0 unspecified atom stereocenters. The molecule has 2 aromatic heterocycles. The summed E-state index contributed by atoms with van der Waals surface area (Å²) in [5, 5.41) is 0. The number of imidazole rings is 1. The van der Waals surface area contributed by atoms with Crippen LogP contribution in [0.5, 0.6) is 0 Å². The molecule has 2 heterocycles. The number of alkyl halides is 1. The van der Waals surface area contributed by atoms with Crippen molar-refractivity contribution in [2.75, 3.05) is 5.88 Å². The minimum absolute atomic E-state index is 0.565. The van der Waals surface area contributed by atoms with Crippen LogP contribution in [-0.4, -0.2) is 15.4 Å². The molecule has 1 aromatic carbocycles. The Bertz CT molecular complexity index is 751. The zero-order chi connectivity index (χ0) is 14.1. The average Bonchev–Trinajstić information content (AvgIpc) is 2.96. The van der Waals surface area contributed by atoms with Crippen LogP contribution in [0.4, 0.5) is 0 Å². The average molecular weight is 390 g/mol. The van der Waals surface area contributed by atoms with Crippen molar-refractivity contribution in [3.05, 3.63) is 49.8 Å². The third kappa shape index (κ3) is 2.89. The summed E-state index contributed by atoms with van der Waals surface area (Å²) >= 11 is 17.0. The molecule has 0 spiro atoms. The fraction of sp³-hybridized carbons (Fsp3) is 0.214. The fourth-order valence-electron chi connectivity index (χ4n) is 2.19. The highest BCUT2D eigenvalue weighted by atomic mass is 79.9. The first-order valence-corrected chi connectivity index (χ1v) is 8.64. The van der Waals surface area contributed by atoms with E-state index < -0.39 is 0 Å². The van der Waals surface area contributed by atoms with Gasteiger partial charge in [-0.3, -0.25) is 0 Å². The number of aromatic nitrogens is 2. The van der Waals surface area contributed by atoms with Crippen LogP contribution in [-0.2, 0) is 13.0 Å². The second-order valence-corrected chi connectivity index (χ2v) is 7.49. The number of fused-ring (bicyclic) bond motifs is 1. The molecule has 0 saturated carbocycles. The Kier molecular flexibility index (Phi) is 4.36. The van der Waals surface area contributed by atoms with Gasteiger partial charge in [-0.15, -0.1) is 22.9 Å². The van der Waals surface area contributed by atoms with Crippen LogP contribution in [0.15, 0.2) is 34.8 Å². The number of hydrogen-bond acceptors (Lipinski definition) is 2. The molecule has 3 rings (SSSR count). The van der Waals surface area contributed by atoms with E-state index in [1.165, 1.54) is 4.88 Å². The van der Waals surface area contributed by atoms with Gasteiger partial charge in [0.05, 0.1) is 21.9 Å². The Labute approximate surface area is 139 Å². The molecule has 0 saturated heterocycles.